The van der Waals surface area contributed by atoms with Crippen molar-refractivity contribution in [2.45, 2.75) is 25.4 Å². The Morgan fingerprint density at radius 2 is 2.46 bits per heavy atom. The Labute approximate surface area is 144 Å². The smallest absolute Gasteiger partial charge is 0.237 e. The number of thiazole rings is 1. The van der Waals surface area contributed by atoms with Gasteiger partial charge in [-0.2, -0.15) is 0 Å². The molecule has 1 fully saturated rings. The van der Waals surface area contributed by atoms with Gasteiger partial charge in [0.25, 0.3) is 0 Å². The second-order valence-electron chi connectivity index (χ2n) is 5.69. The van der Waals surface area contributed by atoms with Gasteiger partial charge in [-0.15, -0.1) is 11.3 Å². The third kappa shape index (κ3) is 4.42. The van der Waals surface area contributed by atoms with Crippen molar-refractivity contribution in [1.82, 2.24) is 20.5 Å². The molecule has 0 aliphatic carbocycles. The van der Waals surface area contributed by atoms with Crippen LogP contribution in [0.25, 0.3) is 0 Å². The molecule has 1 unspecified atom stereocenters. The predicted molar refractivity (Wildman–Crippen MR) is 89.4 cm³/mol. The summed E-state index contributed by atoms with van der Waals surface area (Å²) in [5, 5.41) is 7.67. The minimum atomic E-state index is -0.451. The van der Waals surface area contributed by atoms with Crippen LogP contribution in [0.2, 0.25) is 0 Å². The second kappa shape index (κ2) is 8.07. The number of carbonyl (C=O) groups excluding carboxylic acids is 2. The van der Waals surface area contributed by atoms with Crippen LogP contribution in [-0.2, 0) is 22.6 Å². The first-order chi connectivity index (χ1) is 11.7. The van der Waals surface area contributed by atoms with Crippen molar-refractivity contribution >= 4 is 23.2 Å². The van der Waals surface area contributed by atoms with Gasteiger partial charge in [-0.1, -0.05) is 0 Å². The van der Waals surface area contributed by atoms with Crippen molar-refractivity contribution in [2.24, 2.45) is 0 Å². The molecule has 1 atom stereocenters. The van der Waals surface area contributed by atoms with E-state index < -0.39 is 6.04 Å². The maximum Gasteiger partial charge on any atom is 0.237 e. The van der Waals surface area contributed by atoms with Crippen molar-refractivity contribution in [2.75, 3.05) is 19.6 Å². The fourth-order valence-corrected chi connectivity index (χ4v) is 3.32. The highest BCUT2D eigenvalue weighted by Crippen LogP contribution is 2.14. The molecule has 1 aliphatic rings. The number of carbonyl (C=O) groups is 2. The molecule has 3 heterocycles. The number of furan rings is 1. The van der Waals surface area contributed by atoms with Gasteiger partial charge in [0.2, 0.25) is 11.8 Å². The lowest BCUT2D eigenvalue weighted by molar-refractivity contribution is -0.134. The molecule has 2 amide bonds. The Bertz CT molecular complexity index is 657. The summed E-state index contributed by atoms with van der Waals surface area (Å²) in [7, 11) is 0. The van der Waals surface area contributed by atoms with Gasteiger partial charge in [0.15, 0.2) is 0 Å². The summed E-state index contributed by atoms with van der Waals surface area (Å²) >= 11 is 1.54. The van der Waals surface area contributed by atoms with Crippen LogP contribution in [0, 0.1) is 0 Å². The first kappa shape index (κ1) is 16.7. The molecular formula is C16H20N4O3S. The average molecular weight is 348 g/mol. The lowest BCUT2D eigenvalue weighted by atomic mass is 10.1. The molecule has 1 aliphatic heterocycles. The van der Waals surface area contributed by atoms with Crippen LogP contribution in [0.5, 0.6) is 0 Å². The lowest BCUT2D eigenvalue weighted by Gasteiger charge is -2.34. The summed E-state index contributed by atoms with van der Waals surface area (Å²) in [6.45, 7) is 2.44. The molecule has 8 heteroatoms. The largest absolute Gasteiger partial charge is 0.472 e. The number of aromatic nitrogens is 1. The van der Waals surface area contributed by atoms with Crippen molar-refractivity contribution < 1.29 is 14.0 Å². The molecule has 2 N–H and O–H groups in total. The number of nitrogens with one attached hydrogen (secondary N) is 2. The Kier molecular flexibility index (Phi) is 5.60. The van der Waals surface area contributed by atoms with Crippen LogP contribution in [0.15, 0.2) is 33.9 Å². The monoisotopic (exact) mass is 348 g/mol. The summed E-state index contributed by atoms with van der Waals surface area (Å²) in [4.78, 5) is 30.5. The SMILES string of the molecule is O=C(CC1C(=O)NCCN1Cc1ccoc1)NCCc1cscn1. The van der Waals surface area contributed by atoms with E-state index in [1.165, 1.54) is 11.3 Å². The van der Waals surface area contributed by atoms with Crippen molar-refractivity contribution in [3.63, 3.8) is 0 Å². The minimum Gasteiger partial charge on any atom is -0.472 e. The van der Waals surface area contributed by atoms with E-state index in [9.17, 15) is 9.59 Å². The van der Waals surface area contributed by atoms with E-state index in [1.54, 1.807) is 18.0 Å². The molecule has 0 saturated carbocycles. The van der Waals surface area contributed by atoms with Gasteiger partial charge < -0.3 is 15.1 Å². The molecule has 2 aromatic heterocycles. The highest BCUT2D eigenvalue weighted by molar-refractivity contribution is 7.07. The van der Waals surface area contributed by atoms with Crippen LogP contribution < -0.4 is 10.6 Å². The molecule has 1 saturated heterocycles. The van der Waals surface area contributed by atoms with Crippen molar-refractivity contribution in [3.8, 4) is 0 Å². The Morgan fingerprint density at radius 3 is 3.21 bits per heavy atom. The van der Waals surface area contributed by atoms with Gasteiger partial charge in [-0.3, -0.25) is 14.5 Å². The van der Waals surface area contributed by atoms with Gasteiger partial charge in [-0.05, 0) is 6.07 Å². The van der Waals surface area contributed by atoms with Crippen LogP contribution in [-0.4, -0.2) is 47.4 Å². The molecule has 0 bridgehead atoms. The third-order valence-corrected chi connectivity index (χ3v) is 4.61. The summed E-state index contributed by atoms with van der Waals surface area (Å²) < 4.78 is 5.08. The van der Waals surface area contributed by atoms with E-state index in [-0.39, 0.29) is 18.2 Å². The van der Waals surface area contributed by atoms with Crippen LogP contribution in [0.3, 0.4) is 0 Å². The highest BCUT2D eigenvalue weighted by atomic mass is 32.1. The van der Waals surface area contributed by atoms with E-state index in [4.69, 9.17) is 4.42 Å². The molecule has 24 heavy (non-hydrogen) atoms. The normalized spacial score (nSPS) is 18.3. The fraction of sp³-hybridized carbons (Fsp3) is 0.438. The van der Waals surface area contributed by atoms with Crippen LogP contribution in [0.1, 0.15) is 17.7 Å². The first-order valence-electron chi connectivity index (χ1n) is 7.89. The zero-order valence-electron chi connectivity index (χ0n) is 13.2. The Morgan fingerprint density at radius 1 is 1.54 bits per heavy atom. The molecule has 2 aromatic rings. The van der Waals surface area contributed by atoms with E-state index in [2.05, 4.69) is 15.6 Å². The van der Waals surface area contributed by atoms with Gasteiger partial charge >= 0.3 is 0 Å². The zero-order chi connectivity index (χ0) is 16.8. The Balaban J connectivity index is 1.51. The maximum absolute atomic E-state index is 12.2. The standard InChI is InChI=1S/C16H20N4O3S/c21-15(17-3-1-13-10-24-11-19-13)7-14-16(22)18-4-5-20(14)8-12-2-6-23-9-12/h2,6,9-11,14H,1,3-5,7-8H2,(H,17,21)(H,18,22). The molecule has 3 rings (SSSR count). The highest BCUT2D eigenvalue weighted by Gasteiger charge is 2.31. The summed E-state index contributed by atoms with van der Waals surface area (Å²) in [6, 6.07) is 1.42. The molecule has 7 nitrogen and oxygen atoms in total. The molecule has 0 aromatic carbocycles. The van der Waals surface area contributed by atoms with Gasteiger partial charge in [0.05, 0.1) is 36.2 Å². The van der Waals surface area contributed by atoms with E-state index in [0.717, 1.165) is 11.3 Å². The number of piperazine rings is 1. The zero-order valence-corrected chi connectivity index (χ0v) is 14.1. The first-order valence-corrected chi connectivity index (χ1v) is 8.83. The molecular weight excluding hydrogens is 328 g/mol. The maximum atomic E-state index is 12.2. The lowest BCUT2D eigenvalue weighted by Crippen LogP contribution is -2.56. The summed E-state index contributed by atoms with van der Waals surface area (Å²) in [6.07, 6.45) is 4.13. The van der Waals surface area contributed by atoms with Crippen LogP contribution >= 0.6 is 11.3 Å². The third-order valence-electron chi connectivity index (χ3n) is 3.97. The molecule has 128 valence electrons. The van der Waals surface area contributed by atoms with Crippen molar-refractivity contribution in [3.05, 3.63) is 40.7 Å². The number of nitrogens with zero attached hydrogens (tertiary/aromatic N) is 2. The predicted octanol–water partition coefficient (Wildman–Crippen LogP) is 0.785. The Hall–Kier alpha value is -2.19. The second-order valence-corrected chi connectivity index (χ2v) is 6.41. The van der Waals surface area contributed by atoms with Crippen molar-refractivity contribution in [1.29, 1.82) is 0 Å². The van der Waals surface area contributed by atoms with Crippen LogP contribution in [0.4, 0.5) is 0 Å². The topological polar surface area (TPSA) is 87.5 Å². The fourth-order valence-electron chi connectivity index (χ4n) is 2.73. The van der Waals surface area contributed by atoms with E-state index in [0.29, 0.717) is 32.6 Å². The summed E-state index contributed by atoms with van der Waals surface area (Å²) in [5.74, 6) is -0.219. The number of rotatable bonds is 7. The van der Waals surface area contributed by atoms with E-state index >= 15 is 0 Å². The average Bonchev–Trinajstić information content (AvgIpc) is 3.24. The van der Waals surface area contributed by atoms with Gasteiger partial charge in [0.1, 0.15) is 0 Å². The van der Waals surface area contributed by atoms with E-state index in [1.807, 2.05) is 16.3 Å². The van der Waals surface area contributed by atoms with Gasteiger partial charge in [0, 0.05) is 43.5 Å². The van der Waals surface area contributed by atoms with Gasteiger partial charge in [-0.25, -0.2) is 4.98 Å². The molecule has 0 radical (unpaired) electrons. The molecule has 0 spiro atoms. The summed E-state index contributed by atoms with van der Waals surface area (Å²) in [5.41, 5.74) is 3.74. The number of amides is 2. The number of hydrogen-bond acceptors (Lipinski definition) is 6. The quantitative estimate of drug-likeness (QED) is 0.772. The number of hydrogen-bond donors (Lipinski definition) is 2. The minimum absolute atomic E-state index is 0.0978.